The molecule has 0 aliphatic rings. The maximum absolute atomic E-state index is 11.4. The molecule has 0 rings (SSSR count). The Morgan fingerprint density at radius 3 is 1.07 bits per heavy atom. The fourth-order valence-electron chi connectivity index (χ4n) is 2.92. The second-order valence-corrected chi connectivity index (χ2v) is 13.4. The Balaban J connectivity index is -0.000000102. The average molecular weight is 657 g/mol. The van der Waals surface area contributed by atoms with E-state index in [0.717, 1.165) is 58.0 Å². The molecule has 0 saturated carbocycles. The predicted molar refractivity (Wildman–Crippen MR) is 199 cm³/mol. The van der Waals surface area contributed by atoms with E-state index in [1.807, 2.05) is 13.8 Å². The molecule has 0 aliphatic heterocycles. The quantitative estimate of drug-likeness (QED) is 0.115. The number of hydrogen-bond acceptors (Lipinski definition) is 4. The summed E-state index contributed by atoms with van der Waals surface area (Å²) in [5.74, 6) is 2.24. The Bertz CT molecular complexity index is 405. The van der Waals surface area contributed by atoms with Gasteiger partial charge < -0.3 is 18.9 Å². The maximum atomic E-state index is 11.4. The second kappa shape index (κ2) is 53.2. The third-order valence-corrected chi connectivity index (χ3v) is 5.16. The molecular weight excluding hydrogens is 568 g/mol. The van der Waals surface area contributed by atoms with Gasteiger partial charge in [-0.2, -0.15) is 0 Å². The highest BCUT2D eigenvalue weighted by atomic mass is 18.2. The molecule has 0 atom stereocenters. The first-order valence-corrected chi connectivity index (χ1v) is 18.7. The van der Waals surface area contributed by atoms with Crippen molar-refractivity contribution >= 4 is 0 Å². The molecule has 282 valence electrons. The van der Waals surface area contributed by atoms with Gasteiger partial charge in [0.2, 0.25) is 0 Å². The number of alkyl halides is 2. The lowest BCUT2D eigenvalue weighted by atomic mass is 10.1. The summed E-state index contributed by atoms with van der Waals surface area (Å²) in [5, 5.41) is 0. The maximum Gasteiger partial charge on any atom is 0.0916 e. The first kappa shape index (κ1) is 57.0. The lowest BCUT2D eigenvalue weighted by Crippen LogP contribution is -2.03. The molecule has 0 aromatic heterocycles. The van der Waals surface area contributed by atoms with Crippen molar-refractivity contribution < 1.29 is 27.7 Å². The van der Waals surface area contributed by atoms with Gasteiger partial charge in [0.05, 0.1) is 31.7 Å². The lowest BCUT2D eigenvalue weighted by Gasteiger charge is -2.05. The summed E-state index contributed by atoms with van der Waals surface area (Å²) in [4.78, 5) is 0. The van der Waals surface area contributed by atoms with Gasteiger partial charge in [0.15, 0.2) is 0 Å². The van der Waals surface area contributed by atoms with Crippen LogP contribution in [-0.2, 0) is 18.9 Å². The largest absolute Gasteiger partial charge is 0.381 e. The Hall–Kier alpha value is -0.300. The van der Waals surface area contributed by atoms with Crippen LogP contribution in [0, 0.1) is 17.8 Å². The van der Waals surface area contributed by atoms with Crippen molar-refractivity contribution in [3.05, 3.63) is 0 Å². The van der Waals surface area contributed by atoms with E-state index in [-0.39, 0.29) is 19.5 Å². The van der Waals surface area contributed by atoms with Crippen molar-refractivity contribution in [3.8, 4) is 0 Å². The standard InChI is InChI=1S/C8H18O.C7H16O.C6H13FO.C6H13F.C6H14O.C6H14/c1-4-5-6-7-9-8(2)3;1-4-5-8-6-7(2)3;1-6(2)8-5-3-4-7;1-6(2)4-3-5-7;1-4-5-7-6(2)3;1-4-5-6(2)3/h8H,4-7H2,1-3H3;7H,4-6H2,1-3H3;6H,3-5H2,1-2H3;6H,3-5H2,1-2H3;6H,4-5H2,1-3H3;6H,4-5H2,1-3H3/i;;2*7-1;;. The topological polar surface area (TPSA) is 36.9 Å². The molecule has 0 radical (unpaired) electrons. The van der Waals surface area contributed by atoms with E-state index < -0.39 is 0 Å². The molecule has 0 spiro atoms. The van der Waals surface area contributed by atoms with Crippen LogP contribution in [-0.4, -0.2) is 64.7 Å². The van der Waals surface area contributed by atoms with E-state index in [2.05, 4.69) is 96.9 Å². The van der Waals surface area contributed by atoms with Crippen molar-refractivity contribution in [2.75, 3.05) is 46.4 Å². The molecule has 0 aliphatic carbocycles. The zero-order valence-electron chi connectivity index (χ0n) is 33.9. The molecular formula is C39H88F2O4. The molecule has 0 bridgehead atoms. The van der Waals surface area contributed by atoms with Crippen LogP contribution >= 0.6 is 0 Å². The minimum Gasteiger partial charge on any atom is -0.381 e. The van der Waals surface area contributed by atoms with Crippen LogP contribution in [0.2, 0.25) is 0 Å². The second-order valence-electron chi connectivity index (χ2n) is 13.4. The highest BCUT2D eigenvalue weighted by molar-refractivity contribution is 4.43. The van der Waals surface area contributed by atoms with Gasteiger partial charge >= 0.3 is 0 Å². The van der Waals surface area contributed by atoms with Crippen molar-refractivity contribution in [2.45, 2.75) is 193 Å². The zero-order valence-corrected chi connectivity index (χ0v) is 33.9. The van der Waals surface area contributed by atoms with Crippen LogP contribution < -0.4 is 0 Å². The summed E-state index contributed by atoms with van der Waals surface area (Å²) in [7, 11) is 0. The molecule has 0 fully saturated rings. The molecule has 4 nitrogen and oxygen atoms in total. The summed E-state index contributed by atoms with van der Waals surface area (Å²) in [6.45, 7) is 37.6. The van der Waals surface area contributed by atoms with Crippen molar-refractivity contribution in [1.82, 2.24) is 0 Å². The van der Waals surface area contributed by atoms with Crippen LogP contribution in [0.3, 0.4) is 0 Å². The molecule has 0 N–H and O–H groups in total. The monoisotopic (exact) mass is 657 g/mol. The minimum atomic E-state index is -0.271. The molecule has 0 amide bonds. The Morgan fingerprint density at radius 1 is 0.400 bits per heavy atom. The molecule has 6 heteroatoms. The Kier molecular flexibility index (Phi) is 67.4. The molecule has 0 aromatic carbocycles. The number of halogens is 2. The van der Waals surface area contributed by atoms with E-state index in [0.29, 0.717) is 37.1 Å². The summed E-state index contributed by atoms with van der Waals surface area (Å²) < 4.78 is 43.5. The summed E-state index contributed by atoms with van der Waals surface area (Å²) in [6.07, 6.45) is 12.1. The Morgan fingerprint density at radius 2 is 0.822 bits per heavy atom. The zero-order chi connectivity index (χ0) is 36.3. The van der Waals surface area contributed by atoms with Crippen LogP contribution in [0.25, 0.3) is 0 Å². The Labute approximate surface area is 284 Å². The number of rotatable bonds is 21. The summed E-state index contributed by atoms with van der Waals surface area (Å²) >= 11 is 0. The lowest BCUT2D eigenvalue weighted by molar-refractivity contribution is 0.0736. The van der Waals surface area contributed by atoms with Gasteiger partial charge in [-0.1, -0.05) is 94.9 Å². The molecule has 0 unspecified atom stereocenters. The van der Waals surface area contributed by atoms with Crippen LogP contribution in [0.1, 0.15) is 175 Å². The van der Waals surface area contributed by atoms with Gasteiger partial charge in [-0.05, 0) is 97.8 Å². The summed E-state index contributed by atoms with van der Waals surface area (Å²) in [6, 6.07) is 0. The molecule has 0 aromatic rings. The van der Waals surface area contributed by atoms with Gasteiger partial charge in [0.25, 0.3) is 0 Å². The van der Waals surface area contributed by atoms with Crippen molar-refractivity contribution in [2.24, 2.45) is 17.8 Å². The average Bonchev–Trinajstić information content (AvgIpc) is 2.94. The van der Waals surface area contributed by atoms with Gasteiger partial charge in [-0.15, -0.1) is 0 Å². The van der Waals surface area contributed by atoms with Crippen LogP contribution in [0.5, 0.6) is 0 Å². The fourth-order valence-corrected chi connectivity index (χ4v) is 2.92. The van der Waals surface area contributed by atoms with Crippen LogP contribution in [0.4, 0.5) is 8.78 Å². The third-order valence-electron chi connectivity index (χ3n) is 5.16. The van der Waals surface area contributed by atoms with Gasteiger partial charge in [0, 0.05) is 33.0 Å². The van der Waals surface area contributed by atoms with Gasteiger partial charge in [-0.3, -0.25) is 8.78 Å². The normalized spacial score (nSPS) is 10.4. The minimum absolute atomic E-state index is 0.155. The smallest absolute Gasteiger partial charge is 0.0916 e. The van der Waals surface area contributed by atoms with Gasteiger partial charge in [-0.25, -0.2) is 0 Å². The van der Waals surface area contributed by atoms with Crippen molar-refractivity contribution in [1.29, 1.82) is 0 Å². The van der Waals surface area contributed by atoms with E-state index in [1.165, 1.54) is 32.1 Å². The highest BCUT2D eigenvalue weighted by Gasteiger charge is 1.92. The fraction of sp³-hybridized carbons (Fsp3) is 1.00. The predicted octanol–water partition coefficient (Wildman–Crippen LogP) is 13.1. The van der Waals surface area contributed by atoms with Crippen LogP contribution in [0.15, 0.2) is 0 Å². The van der Waals surface area contributed by atoms with E-state index in [9.17, 15) is 8.78 Å². The van der Waals surface area contributed by atoms with Crippen molar-refractivity contribution in [3.63, 3.8) is 0 Å². The first-order chi connectivity index (χ1) is 21.1. The summed E-state index contributed by atoms with van der Waals surface area (Å²) in [5.41, 5.74) is 0. The highest BCUT2D eigenvalue weighted by Crippen LogP contribution is 2.02. The molecule has 0 heterocycles. The molecule has 45 heavy (non-hydrogen) atoms. The first-order valence-electron chi connectivity index (χ1n) is 18.7. The van der Waals surface area contributed by atoms with Gasteiger partial charge in [0.1, 0.15) is 0 Å². The number of ether oxygens (including phenoxy) is 4. The van der Waals surface area contributed by atoms with E-state index in [1.54, 1.807) is 0 Å². The number of unbranched alkanes of at least 4 members (excludes halogenated alkanes) is 2. The number of hydrogen-bond donors (Lipinski definition) is 0. The third kappa shape index (κ3) is 107. The SMILES string of the molecule is CC(C)CCC[18F].CC(C)OCCC[18F].CCCC(C)C.CCCCCOC(C)C.CCCOC(C)C.CCCOCC(C)C. The molecule has 0 saturated heterocycles. The van der Waals surface area contributed by atoms with E-state index in [4.69, 9.17) is 18.9 Å². The van der Waals surface area contributed by atoms with E-state index >= 15 is 0 Å².